The van der Waals surface area contributed by atoms with Crippen LogP contribution in [0.25, 0.3) is 0 Å². The van der Waals surface area contributed by atoms with Crippen LogP contribution in [-0.4, -0.2) is 36.9 Å². The molecule has 0 aromatic heterocycles. The van der Waals surface area contributed by atoms with Gasteiger partial charge in [-0.25, -0.2) is 9.59 Å². The number of rotatable bonds is 3. The highest BCUT2D eigenvalue weighted by Gasteiger charge is 2.19. The summed E-state index contributed by atoms with van der Waals surface area (Å²) in [7, 11) is 3.61. The van der Waals surface area contributed by atoms with Crippen molar-refractivity contribution in [1.82, 2.24) is 0 Å². The first-order chi connectivity index (χ1) is 9.10. The van der Waals surface area contributed by atoms with Crippen LogP contribution in [-0.2, 0) is 4.74 Å². The summed E-state index contributed by atoms with van der Waals surface area (Å²) in [5.74, 6) is -1.11. The Morgan fingerprint density at radius 3 is 2.30 bits per heavy atom. The number of ether oxygens (including phenoxy) is 1. The molecule has 0 fully saturated rings. The van der Waals surface area contributed by atoms with Crippen LogP contribution in [0.4, 0.5) is 16.2 Å². The van der Waals surface area contributed by atoms with Gasteiger partial charge in [0.15, 0.2) is 0 Å². The maximum atomic E-state index is 11.7. The fourth-order valence-electron chi connectivity index (χ4n) is 1.51. The molecule has 6 nitrogen and oxygen atoms in total. The van der Waals surface area contributed by atoms with Crippen molar-refractivity contribution in [3.05, 3.63) is 23.8 Å². The number of anilines is 2. The standard InChI is InChI=1S/C14H20N2O4/c1-14(2,3)20-13(19)15-11-7-6-9(16(4)5)8-10(11)12(17)18/h6-8H,1-5H3,(H,15,19)(H,17,18). The monoisotopic (exact) mass is 280 g/mol. The summed E-state index contributed by atoms with van der Waals surface area (Å²) in [5.41, 5.74) is 0.313. The van der Waals surface area contributed by atoms with E-state index in [1.807, 2.05) is 14.1 Å². The van der Waals surface area contributed by atoms with E-state index in [1.54, 1.807) is 37.8 Å². The smallest absolute Gasteiger partial charge is 0.412 e. The lowest BCUT2D eigenvalue weighted by atomic mass is 10.1. The van der Waals surface area contributed by atoms with Gasteiger partial charge in [-0.15, -0.1) is 0 Å². The first-order valence-corrected chi connectivity index (χ1v) is 6.15. The first kappa shape index (κ1) is 15.8. The van der Waals surface area contributed by atoms with Gasteiger partial charge in [-0.2, -0.15) is 0 Å². The minimum atomic E-state index is -1.11. The Kier molecular flexibility index (Phi) is 4.60. The molecule has 0 aliphatic rings. The number of hydrogen-bond donors (Lipinski definition) is 2. The van der Waals surface area contributed by atoms with Crippen LogP contribution in [0.2, 0.25) is 0 Å². The Morgan fingerprint density at radius 2 is 1.85 bits per heavy atom. The van der Waals surface area contributed by atoms with Crippen LogP contribution in [0.15, 0.2) is 18.2 Å². The summed E-state index contributed by atoms with van der Waals surface area (Å²) < 4.78 is 5.10. The number of carboxylic acids is 1. The number of carboxylic acid groups (broad SMARTS) is 1. The highest BCUT2D eigenvalue weighted by atomic mass is 16.6. The Morgan fingerprint density at radius 1 is 1.25 bits per heavy atom. The lowest BCUT2D eigenvalue weighted by Gasteiger charge is -2.20. The fraction of sp³-hybridized carbons (Fsp3) is 0.429. The Labute approximate surface area is 118 Å². The number of amides is 1. The molecule has 0 saturated carbocycles. The number of nitrogens with one attached hydrogen (secondary N) is 1. The lowest BCUT2D eigenvalue weighted by Crippen LogP contribution is -2.27. The third-order valence-electron chi connectivity index (χ3n) is 2.39. The van der Waals surface area contributed by atoms with E-state index in [9.17, 15) is 14.7 Å². The normalized spacial score (nSPS) is 10.8. The second kappa shape index (κ2) is 5.81. The Balaban J connectivity index is 3.00. The van der Waals surface area contributed by atoms with E-state index >= 15 is 0 Å². The molecule has 0 spiro atoms. The average molecular weight is 280 g/mol. The maximum Gasteiger partial charge on any atom is 0.412 e. The van der Waals surface area contributed by atoms with Crippen molar-refractivity contribution < 1.29 is 19.4 Å². The summed E-state index contributed by atoms with van der Waals surface area (Å²) in [4.78, 5) is 24.7. The van der Waals surface area contributed by atoms with Gasteiger partial charge in [0, 0.05) is 19.8 Å². The van der Waals surface area contributed by atoms with Gasteiger partial charge >= 0.3 is 12.1 Å². The first-order valence-electron chi connectivity index (χ1n) is 6.15. The zero-order chi connectivity index (χ0) is 15.5. The second-order valence-corrected chi connectivity index (χ2v) is 5.56. The molecule has 0 aliphatic heterocycles. The van der Waals surface area contributed by atoms with Gasteiger partial charge in [0.25, 0.3) is 0 Å². The van der Waals surface area contributed by atoms with Crippen molar-refractivity contribution >= 4 is 23.4 Å². The summed E-state index contributed by atoms with van der Waals surface area (Å²) in [5, 5.41) is 11.7. The molecule has 0 aliphatic carbocycles. The van der Waals surface area contributed by atoms with Crippen molar-refractivity contribution in [3.8, 4) is 0 Å². The van der Waals surface area contributed by atoms with E-state index in [-0.39, 0.29) is 11.3 Å². The number of hydrogen-bond acceptors (Lipinski definition) is 4. The van der Waals surface area contributed by atoms with Crippen molar-refractivity contribution in [3.63, 3.8) is 0 Å². The average Bonchev–Trinajstić information content (AvgIpc) is 2.25. The van der Waals surface area contributed by atoms with E-state index in [2.05, 4.69) is 5.32 Å². The fourth-order valence-corrected chi connectivity index (χ4v) is 1.51. The molecule has 110 valence electrons. The molecule has 0 radical (unpaired) electrons. The summed E-state index contributed by atoms with van der Waals surface area (Å²) >= 11 is 0. The van der Waals surface area contributed by atoms with Gasteiger partial charge in [0.2, 0.25) is 0 Å². The number of nitrogens with zero attached hydrogens (tertiary/aromatic N) is 1. The van der Waals surface area contributed by atoms with E-state index < -0.39 is 17.7 Å². The van der Waals surface area contributed by atoms with Crippen molar-refractivity contribution in [2.24, 2.45) is 0 Å². The predicted octanol–water partition coefficient (Wildman–Crippen LogP) is 2.80. The molecule has 2 N–H and O–H groups in total. The largest absolute Gasteiger partial charge is 0.478 e. The van der Waals surface area contributed by atoms with Gasteiger partial charge in [-0.05, 0) is 39.0 Å². The molecule has 0 heterocycles. The quantitative estimate of drug-likeness (QED) is 0.890. The molecule has 6 heteroatoms. The van der Waals surface area contributed by atoms with Crippen LogP contribution < -0.4 is 10.2 Å². The van der Waals surface area contributed by atoms with E-state index in [4.69, 9.17) is 4.74 Å². The van der Waals surface area contributed by atoms with Crippen molar-refractivity contribution in [2.45, 2.75) is 26.4 Å². The van der Waals surface area contributed by atoms with Crippen LogP contribution in [0.1, 0.15) is 31.1 Å². The van der Waals surface area contributed by atoms with Gasteiger partial charge < -0.3 is 14.7 Å². The molecule has 1 rings (SSSR count). The summed E-state index contributed by atoms with van der Waals surface area (Å²) in [6, 6.07) is 4.76. The molecule has 1 aromatic rings. The highest BCUT2D eigenvalue weighted by Crippen LogP contribution is 2.23. The van der Waals surface area contributed by atoms with Gasteiger partial charge in [0.1, 0.15) is 5.60 Å². The topological polar surface area (TPSA) is 78.9 Å². The van der Waals surface area contributed by atoms with Gasteiger partial charge in [-0.3, -0.25) is 5.32 Å². The molecule has 0 saturated heterocycles. The molecule has 0 atom stereocenters. The van der Waals surface area contributed by atoms with E-state index in [1.165, 1.54) is 6.07 Å². The number of benzene rings is 1. The lowest BCUT2D eigenvalue weighted by molar-refractivity contribution is 0.0636. The minimum absolute atomic E-state index is 0.0158. The Bertz CT molecular complexity index is 518. The number of carbonyl (C=O) groups excluding carboxylic acids is 1. The Hall–Kier alpha value is -2.24. The van der Waals surface area contributed by atoms with Crippen LogP contribution in [0.3, 0.4) is 0 Å². The molecule has 1 amide bonds. The highest BCUT2D eigenvalue weighted by molar-refractivity contribution is 5.99. The SMILES string of the molecule is CN(C)c1ccc(NC(=O)OC(C)(C)C)c(C(=O)O)c1. The number of carbonyl (C=O) groups is 2. The molecule has 0 bridgehead atoms. The molecule has 0 unspecified atom stereocenters. The zero-order valence-electron chi connectivity index (χ0n) is 12.4. The van der Waals surface area contributed by atoms with Crippen LogP contribution >= 0.6 is 0 Å². The molecule has 20 heavy (non-hydrogen) atoms. The minimum Gasteiger partial charge on any atom is -0.478 e. The second-order valence-electron chi connectivity index (χ2n) is 5.56. The van der Waals surface area contributed by atoms with Gasteiger partial charge in [-0.1, -0.05) is 0 Å². The maximum absolute atomic E-state index is 11.7. The molecular weight excluding hydrogens is 260 g/mol. The molecule has 1 aromatic carbocycles. The van der Waals surface area contributed by atoms with Crippen LogP contribution in [0.5, 0.6) is 0 Å². The number of aromatic carboxylic acids is 1. The van der Waals surface area contributed by atoms with Crippen molar-refractivity contribution in [1.29, 1.82) is 0 Å². The summed E-state index contributed by atoms with van der Waals surface area (Å²) in [6.07, 6.45) is -0.683. The van der Waals surface area contributed by atoms with Gasteiger partial charge in [0.05, 0.1) is 11.3 Å². The van der Waals surface area contributed by atoms with E-state index in [0.29, 0.717) is 0 Å². The van der Waals surface area contributed by atoms with Crippen molar-refractivity contribution in [2.75, 3.05) is 24.3 Å². The zero-order valence-corrected chi connectivity index (χ0v) is 12.4. The third-order valence-corrected chi connectivity index (χ3v) is 2.39. The van der Waals surface area contributed by atoms with E-state index in [0.717, 1.165) is 5.69 Å². The van der Waals surface area contributed by atoms with Crippen LogP contribution in [0, 0.1) is 0 Å². The third kappa shape index (κ3) is 4.46. The summed E-state index contributed by atoms with van der Waals surface area (Å²) in [6.45, 7) is 5.21. The predicted molar refractivity (Wildman–Crippen MR) is 77.6 cm³/mol. The molecular formula is C14H20N2O4.